The third-order valence-corrected chi connectivity index (χ3v) is 4.01. The average molecular weight is 244 g/mol. The van der Waals surface area contributed by atoms with Gasteiger partial charge in [0, 0.05) is 19.6 Å². The molecule has 102 valence electrons. The van der Waals surface area contributed by atoms with E-state index in [0.29, 0.717) is 19.6 Å². The van der Waals surface area contributed by atoms with Crippen LogP contribution in [-0.4, -0.2) is 54.5 Å². The largest absolute Gasteiger partial charge is 0.395 e. The fourth-order valence-corrected chi connectivity index (χ4v) is 3.19. The zero-order chi connectivity index (χ0) is 12.7. The Morgan fingerprint density at radius 2 is 1.94 bits per heavy atom. The normalized spacial score (nSPS) is 29.8. The van der Waals surface area contributed by atoms with Crippen molar-refractivity contribution in [2.75, 3.05) is 39.4 Å². The second-order valence-corrected chi connectivity index (χ2v) is 5.63. The number of aliphatic hydroxyl groups is 2. The second kappa shape index (κ2) is 7.31. The monoisotopic (exact) mass is 244 g/mol. The van der Waals surface area contributed by atoms with Gasteiger partial charge in [-0.3, -0.25) is 4.90 Å². The molecule has 0 amide bonds. The highest BCUT2D eigenvalue weighted by atomic mass is 16.3. The molecule has 0 aromatic heterocycles. The van der Waals surface area contributed by atoms with Crippen molar-refractivity contribution in [2.45, 2.75) is 32.6 Å². The molecule has 17 heavy (non-hydrogen) atoms. The molecule has 1 saturated carbocycles. The number of aliphatic hydroxyl groups excluding tert-OH is 2. The van der Waals surface area contributed by atoms with Crippen LogP contribution in [0.25, 0.3) is 0 Å². The quantitative estimate of drug-likeness (QED) is 0.607. The van der Waals surface area contributed by atoms with Crippen LogP contribution in [0.15, 0.2) is 0 Å². The molecule has 4 N–H and O–H groups in total. The van der Waals surface area contributed by atoms with E-state index in [1.54, 1.807) is 0 Å². The van der Waals surface area contributed by atoms with Crippen molar-refractivity contribution in [3.63, 3.8) is 0 Å². The first-order chi connectivity index (χ1) is 8.15. The molecule has 4 nitrogen and oxygen atoms in total. The molecule has 1 aliphatic rings. The van der Waals surface area contributed by atoms with E-state index in [1.165, 1.54) is 25.7 Å². The molecular weight excluding hydrogens is 216 g/mol. The number of nitrogens with two attached hydrogens (primary N) is 1. The molecule has 0 bridgehead atoms. The molecule has 0 spiro atoms. The Morgan fingerprint density at radius 1 is 1.29 bits per heavy atom. The Hall–Kier alpha value is -0.160. The Kier molecular flexibility index (Phi) is 6.41. The molecule has 2 unspecified atom stereocenters. The molecule has 1 fully saturated rings. The van der Waals surface area contributed by atoms with E-state index < -0.39 is 0 Å². The molecule has 0 aliphatic heterocycles. The molecule has 1 rings (SSSR count). The molecule has 2 atom stereocenters. The maximum absolute atomic E-state index is 9.05. The summed E-state index contributed by atoms with van der Waals surface area (Å²) in [4.78, 5) is 2.14. The highest BCUT2D eigenvalue weighted by Crippen LogP contribution is 2.39. The van der Waals surface area contributed by atoms with Crippen molar-refractivity contribution in [3.8, 4) is 0 Å². The van der Waals surface area contributed by atoms with Gasteiger partial charge in [0.05, 0.1) is 13.2 Å². The average Bonchev–Trinajstić information content (AvgIpc) is 2.30. The van der Waals surface area contributed by atoms with Gasteiger partial charge in [0.25, 0.3) is 0 Å². The second-order valence-electron chi connectivity index (χ2n) is 5.63. The fourth-order valence-electron chi connectivity index (χ4n) is 3.19. The molecule has 0 saturated heterocycles. The van der Waals surface area contributed by atoms with Gasteiger partial charge in [-0.25, -0.2) is 0 Å². The highest BCUT2D eigenvalue weighted by Gasteiger charge is 2.35. The van der Waals surface area contributed by atoms with Gasteiger partial charge in [-0.2, -0.15) is 0 Å². The van der Waals surface area contributed by atoms with Crippen molar-refractivity contribution in [3.05, 3.63) is 0 Å². The highest BCUT2D eigenvalue weighted by molar-refractivity contribution is 4.89. The minimum absolute atomic E-state index is 0.149. The van der Waals surface area contributed by atoms with Crippen molar-refractivity contribution in [1.82, 2.24) is 4.90 Å². The maximum Gasteiger partial charge on any atom is 0.0558 e. The predicted octanol–water partition coefficient (Wildman–Crippen LogP) is 0.428. The van der Waals surface area contributed by atoms with E-state index in [9.17, 15) is 0 Å². The first-order valence-electron chi connectivity index (χ1n) is 6.80. The maximum atomic E-state index is 9.05. The topological polar surface area (TPSA) is 69.7 Å². The third-order valence-electron chi connectivity index (χ3n) is 4.01. The predicted molar refractivity (Wildman–Crippen MR) is 69.7 cm³/mol. The van der Waals surface area contributed by atoms with Gasteiger partial charge < -0.3 is 15.9 Å². The van der Waals surface area contributed by atoms with Crippen LogP contribution in [0.5, 0.6) is 0 Å². The molecule has 1 aliphatic carbocycles. The SMILES string of the molecule is CC1CCCC(CN)(CN(CCO)CCO)C1. The lowest BCUT2D eigenvalue weighted by Crippen LogP contribution is -2.46. The van der Waals surface area contributed by atoms with Crippen LogP contribution in [0.4, 0.5) is 0 Å². The molecule has 4 heteroatoms. The Labute approximate surface area is 105 Å². The van der Waals surface area contributed by atoms with Crippen molar-refractivity contribution in [2.24, 2.45) is 17.1 Å². The Morgan fingerprint density at radius 3 is 2.41 bits per heavy atom. The van der Waals surface area contributed by atoms with E-state index in [-0.39, 0.29) is 18.6 Å². The summed E-state index contributed by atoms with van der Waals surface area (Å²) in [5.74, 6) is 0.748. The lowest BCUT2D eigenvalue weighted by molar-refractivity contribution is 0.0673. The Balaban J connectivity index is 2.58. The van der Waals surface area contributed by atoms with Crippen molar-refractivity contribution >= 4 is 0 Å². The molecular formula is C13H28N2O2. The summed E-state index contributed by atoms with van der Waals surface area (Å²) in [6, 6.07) is 0. The first kappa shape index (κ1) is 14.9. The van der Waals surface area contributed by atoms with Crippen LogP contribution in [0.3, 0.4) is 0 Å². The van der Waals surface area contributed by atoms with Crippen LogP contribution in [0, 0.1) is 11.3 Å². The van der Waals surface area contributed by atoms with Gasteiger partial charge in [0.2, 0.25) is 0 Å². The molecule has 0 radical (unpaired) electrons. The van der Waals surface area contributed by atoms with Gasteiger partial charge in [0.15, 0.2) is 0 Å². The lowest BCUT2D eigenvalue weighted by Gasteiger charge is -2.42. The molecule has 0 aromatic rings. The minimum atomic E-state index is 0.149. The van der Waals surface area contributed by atoms with Gasteiger partial charge in [0.1, 0.15) is 0 Å². The summed E-state index contributed by atoms with van der Waals surface area (Å²) < 4.78 is 0. The smallest absolute Gasteiger partial charge is 0.0558 e. The van der Waals surface area contributed by atoms with Crippen LogP contribution in [0.1, 0.15) is 32.6 Å². The van der Waals surface area contributed by atoms with Crippen LogP contribution in [0.2, 0.25) is 0 Å². The zero-order valence-corrected chi connectivity index (χ0v) is 11.1. The summed E-state index contributed by atoms with van der Waals surface area (Å²) in [6.07, 6.45) is 4.92. The van der Waals surface area contributed by atoms with E-state index in [2.05, 4.69) is 11.8 Å². The standard InChI is InChI=1S/C13H28N2O2/c1-12-3-2-4-13(9-12,10-14)11-15(5-7-16)6-8-17/h12,16-17H,2-11,14H2,1H3. The van der Waals surface area contributed by atoms with Gasteiger partial charge in [-0.1, -0.05) is 19.8 Å². The number of hydrogen-bond donors (Lipinski definition) is 3. The summed E-state index contributed by atoms with van der Waals surface area (Å²) in [5, 5.41) is 18.1. The first-order valence-corrected chi connectivity index (χ1v) is 6.80. The van der Waals surface area contributed by atoms with E-state index >= 15 is 0 Å². The van der Waals surface area contributed by atoms with Gasteiger partial charge in [-0.15, -0.1) is 0 Å². The third kappa shape index (κ3) is 4.54. The number of rotatable bonds is 7. The van der Waals surface area contributed by atoms with Gasteiger partial charge in [-0.05, 0) is 30.7 Å². The molecule has 0 aromatic carbocycles. The van der Waals surface area contributed by atoms with Crippen LogP contribution in [-0.2, 0) is 0 Å². The van der Waals surface area contributed by atoms with Gasteiger partial charge >= 0.3 is 0 Å². The summed E-state index contributed by atoms with van der Waals surface area (Å²) in [5.41, 5.74) is 6.19. The fraction of sp³-hybridized carbons (Fsp3) is 1.00. The van der Waals surface area contributed by atoms with E-state index in [1.807, 2.05) is 0 Å². The molecule has 0 heterocycles. The van der Waals surface area contributed by atoms with Crippen LogP contribution < -0.4 is 5.73 Å². The minimum Gasteiger partial charge on any atom is -0.395 e. The number of hydrogen-bond acceptors (Lipinski definition) is 4. The van der Waals surface area contributed by atoms with Crippen LogP contribution >= 0.6 is 0 Å². The Bertz CT molecular complexity index is 208. The summed E-state index contributed by atoms with van der Waals surface area (Å²) in [6.45, 7) is 5.49. The van der Waals surface area contributed by atoms with Crippen molar-refractivity contribution in [1.29, 1.82) is 0 Å². The number of nitrogens with zero attached hydrogens (tertiary/aromatic N) is 1. The van der Waals surface area contributed by atoms with E-state index in [4.69, 9.17) is 15.9 Å². The lowest BCUT2D eigenvalue weighted by atomic mass is 9.69. The van der Waals surface area contributed by atoms with E-state index in [0.717, 1.165) is 12.5 Å². The summed E-state index contributed by atoms with van der Waals surface area (Å²) in [7, 11) is 0. The zero-order valence-electron chi connectivity index (χ0n) is 11.1. The van der Waals surface area contributed by atoms with Crippen molar-refractivity contribution < 1.29 is 10.2 Å². The summed E-state index contributed by atoms with van der Waals surface area (Å²) >= 11 is 0.